The van der Waals surface area contributed by atoms with Gasteiger partial charge in [0, 0.05) is 25.7 Å². The molecule has 4 atom stereocenters. The van der Waals surface area contributed by atoms with Gasteiger partial charge in [0.2, 0.25) is 0 Å². The van der Waals surface area contributed by atoms with Crippen LogP contribution in [0.2, 0.25) is 0 Å². The SMILES string of the molecule is FC(C1CCOC2(CCOC2)C1)C1CCCCN1. The Kier molecular flexibility index (Phi) is 3.87. The molecule has 3 aliphatic rings. The Hall–Kier alpha value is -0.190. The summed E-state index contributed by atoms with van der Waals surface area (Å²) in [6.45, 7) is 3.10. The normalized spacial score (nSPS) is 43.2. The maximum absolute atomic E-state index is 14.7. The van der Waals surface area contributed by atoms with E-state index in [1.165, 1.54) is 6.42 Å². The smallest absolute Gasteiger partial charge is 0.118 e. The van der Waals surface area contributed by atoms with E-state index >= 15 is 0 Å². The van der Waals surface area contributed by atoms with Gasteiger partial charge in [-0.2, -0.15) is 0 Å². The quantitative estimate of drug-likeness (QED) is 0.821. The van der Waals surface area contributed by atoms with Crippen LogP contribution in [0, 0.1) is 5.92 Å². The number of hydrogen-bond acceptors (Lipinski definition) is 3. The van der Waals surface area contributed by atoms with Crippen molar-refractivity contribution in [2.24, 2.45) is 5.92 Å². The van der Waals surface area contributed by atoms with Gasteiger partial charge in [-0.3, -0.25) is 0 Å². The van der Waals surface area contributed by atoms with Crippen molar-refractivity contribution in [3.05, 3.63) is 0 Å². The number of piperidine rings is 1. The molecule has 0 bridgehead atoms. The number of nitrogens with one attached hydrogen (secondary N) is 1. The predicted octanol–water partition coefficient (Wildman–Crippen LogP) is 2.05. The Morgan fingerprint density at radius 2 is 2.17 bits per heavy atom. The van der Waals surface area contributed by atoms with E-state index in [1.807, 2.05) is 0 Å². The molecule has 3 nitrogen and oxygen atoms in total. The van der Waals surface area contributed by atoms with Crippen LogP contribution < -0.4 is 5.32 Å². The summed E-state index contributed by atoms with van der Waals surface area (Å²) in [6.07, 6.45) is 5.26. The summed E-state index contributed by atoms with van der Waals surface area (Å²) in [5.41, 5.74) is -0.165. The average molecular weight is 257 g/mol. The van der Waals surface area contributed by atoms with Gasteiger partial charge >= 0.3 is 0 Å². The summed E-state index contributed by atoms with van der Waals surface area (Å²) >= 11 is 0. The number of rotatable bonds is 2. The van der Waals surface area contributed by atoms with Crippen LogP contribution in [0.5, 0.6) is 0 Å². The van der Waals surface area contributed by atoms with Crippen molar-refractivity contribution in [1.82, 2.24) is 5.32 Å². The molecule has 4 heteroatoms. The van der Waals surface area contributed by atoms with Crippen molar-refractivity contribution in [2.75, 3.05) is 26.4 Å². The zero-order valence-corrected chi connectivity index (χ0v) is 11.0. The van der Waals surface area contributed by atoms with E-state index in [0.29, 0.717) is 13.2 Å². The molecule has 0 radical (unpaired) electrons. The topological polar surface area (TPSA) is 30.5 Å². The standard InChI is InChI=1S/C14H24FNO2/c15-13(12-3-1-2-6-16-12)11-4-7-18-14(9-11)5-8-17-10-14/h11-13,16H,1-10H2. The molecule has 104 valence electrons. The Morgan fingerprint density at radius 3 is 2.89 bits per heavy atom. The Labute approximate surface area is 108 Å². The molecule has 1 N–H and O–H groups in total. The van der Waals surface area contributed by atoms with Crippen LogP contribution in [0.15, 0.2) is 0 Å². The minimum Gasteiger partial charge on any atom is -0.378 e. The maximum atomic E-state index is 14.7. The van der Waals surface area contributed by atoms with Crippen LogP contribution in [-0.2, 0) is 9.47 Å². The summed E-state index contributed by atoms with van der Waals surface area (Å²) in [5, 5.41) is 3.35. The molecule has 18 heavy (non-hydrogen) atoms. The summed E-state index contributed by atoms with van der Waals surface area (Å²) < 4.78 is 26.0. The minimum atomic E-state index is -0.716. The van der Waals surface area contributed by atoms with E-state index in [-0.39, 0.29) is 17.6 Å². The van der Waals surface area contributed by atoms with Gasteiger partial charge in [-0.25, -0.2) is 4.39 Å². The molecule has 0 saturated carbocycles. The van der Waals surface area contributed by atoms with Crippen molar-refractivity contribution < 1.29 is 13.9 Å². The largest absolute Gasteiger partial charge is 0.378 e. The van der Waals surface area contributed by atoms with Crippen molar-refractivity contribution in [1.29, 1.82) is 0 Å². The molecule has 3 saturated heterocycles. The molecule has 3 fully saturated rings. The second kappa shape index (κ2) is 5.43. The summed E-state index contributed by atoms with van der Waals surface area (Å²) in [7, 11) is 0. The van der Waals surface area contributed by atoms with Crippen LogP contribution in [-0.4, -0.2) is 44.2 Å². The molecule has 0 aliphatic carbocycles. The summed E-state index contributed by atoms with van der Waals surface area (Å²) in [5.74, 6) is 0.149. The third kappa shape index (κ3) is 2.56. The molecule has 0 amide bonds. The average Bonchev–Trinajstić information content (AvgIpc) is 2.87. The highest BCUT2D eigenvalue weighted by molar-refractivity contribution is 4.95. The fraction of sp³-hybridized carbons (Fsp3) is 1.00. The van der Waals surface area contributed by atoms with E-state index in [1.54, 1.807) is 0 Å². The number of alkyl halides is 1. The number of hydrogen-bond donors (Lipinski definition) is 1. The van der Waals surface area contributed by atoms with Crippen molar-refractivity contribution in [3.8, 4) is 0 Å². The molecule has 0 aromatic carbocycles. The lowest BCUT2D eigenvalue weighted by Gasteiger charge is -2.40. The first-order chi connectivity index (χ1) is 8.79. The highest BCUT2D eigenvalue weighted by Gasteiger charge is 2.44. The fourth-order valence-corrected chi connectivity index (χ4v) is 3.68. The fourth-order valence-electron chi connectivity index (χ4n) is 3.68. The van der Waals surface area contributed by atoms with Crippen LogP contribution in [0.3, 0.4) is 0 Å². The Balaban J connectivity index is 1.60. The molecule has 1 spiro atoms. The molecule has 3 heterocycles. The third-order valence-corrected chi connectivity index (χ3v) is 4.78. The molecule has 0 aromatic heterocycles. The van der Waals surface area contributed by atoms with Gasteiger partial charge in [0.1, 0.15) is 6.17 Å². The van der Waals surface area contributed by atoms with Gasteiger partial charge in [0.05, 0.1) is 12.2 Å². The van der Waals surface area contributed by atoms with E-state index < -0.39 is 6.17 Å². The summed E-state index contributed by atoms with van der Waals surface area (Å²) in [4.78, 5) is 0. The third-order valence-electron chi connectivity index (χ3n) is 4.78. The Bertz CT molecular complexity index is 275. The zero-order valence-electron chi connectivity index (χ0n) is 11.0. The van der Waals surface area contributed by atoms with E-state index in [4.69, 9.17) is 9.47 Å². The lowest BCUT2D eigenvalue weighted by Crippen LogP contribution is -2.49. The van der Waals surface area contributed by atoms with Gasteiger partial charge in [0.15, 0.2) is 0 Å². The van der Waals surface area contributed by atoms with Crippen molar-refractivity contribution in [3.63, 3.8) is 0 Å². The van der Waals surface area contributed by atoms with E-state index in [9.17, 15) is 4.39 Å². The second-order valence-corrected chi connectivity index (χ2v) is 6.09. The second-order valence-electron chi connectivity index (χ2n) is 6.09. The Morgan fingerprint density at radius 1 is 1.22 bits per heavy atom. The molecule has 3 aliphatic heterocycles. The lowest BCUT2D eigenvalue weighted by atomic mass is 9.79. The highest BCUT2D eigenvalue weighted by atomic mass is 19.1. The lowest BCUT2D eigenvalue weighted by molar-refractivity contribution is -0.111. The molecular formula is C14H24FNO2. The van der Waals surface area contributed by atoms with Crippen molar-refractivity contribution >= 4 is 0 Å². The monoisotopic (exact) mass is 257 g/mol. The van der Waals surface area contributed by atoms with E-state index in [0.717, 1.165) is 45.3 Å². The van der Waals surface area contributed by atoms with Gasteiger partial charge in [-0.15, -0.1) is 0 Å². The van der Waals surface area contributed by atoms with Crippen LogP contribution in [0.25, 0.3) is 0 Å². The van der Waals surface area contributed by atoms with E-state index in [2.05, 4.69) is 5.32 Å². The van der Waals surface area contributed by atoms with Gasteiger partial charge in [-0.05, 0) is 38.1 Å². The van der Waals surface area contributed by atoms with Crippen molar-refractivity contribution in [2.45, 2.75) is 56.3 Å². The first-order valence-electron chi connectivity index (χ1n) is 7.38. The first kappa shape index (κ1) is 12.8. The molecule has 3 rings (SSSR count). The summed E-state index contributed by atoms with van der Waals surface area (Å²) in [6, 6.07) is 0.0706. The molecule has 0 aromatic rings. The highest BCUT2D eigenvalue weighted by Crippen LogP contribution is 2.39. The van der Waals surface area contributed by atoms with Crippen LogP contribution in [0.4, 0.5) is 4.39 Å². The number of ether oxygens (including phenoxy) is 2. The van der Waals surface area contributed by atoms with Gasteiger partial charge in [0.25, 0.3) is 0 Å². The van der Waals surface area contributed by atoms with Crippen LogP contribution in [0.1, 0.15) is 38.5 Å². The zero-order chi connectivity index (χ0) is 12.4. The predicted molar refractivity (Wildman–Crippen MR) is 67.4 cm³/mol. The molecule has 4 unspecified atom stereocenters. The van der Waals surface area contributed by atoms with Gasteiger partial charge in [-0.1, -0.05) is 6.42 Å². The molecular weight excluding hydrogens is 233 g/mol. The first-order valence-corrected chi connectivity index (χ1v) is 7.38. The number of halogens is 1. The maximum Gasteiger partial charge on any atom is 0.118 e. The minimum absolute atomic E-state index is 0.0706. The van der Waals surface area contributed by atoms with Gasteiger partial charge < -0.3 is 14.8 Å². The van der Waals surface area contributed by atoms with Crippen LogP contribution >= 0.6 is 0 Å².